The molecule has 0 heterocycles. The number of hydrogen-bond acceptors (Lipinski definition) is 9. The molecule has 34 heavy (non-hydrogen) atoms. The van der Waals surface area contributed by atoms with Crippen molar-refractivity contribution in [3.05, 3.63) is 52.6 Å². The van der Waals surface area contributed by atoms with Crippen LogP contribution in [0.2, 0.25) is 0 Å². The highest BCUT2D eigenvalue weighted by Crippen LogP contribution is 2.42. The van der Waals surface area contributed by atoms with Crippen LogP contribution >= 0.6 is 0 Å². The molecule has 0 saturated heterocycles. The summed E-state index contributed by atoms with van der Waals surface area (Å²) in [5.74, 6) is -6.94. The molecule has 13 nitrogen and oxygen atoms in total. The van der Waals surface area contributed by atoms with Gasteiger partial charge >= 0.3 is 5.97 Å². The first-order chi connectivity index (χ1) is 15.9. The third-order valence-corrected chi connectivity index (χ3v) is 6.14. The molecule has 2 aromatic carbocycles. The number of fused-ring (bicyclic) bond motifs is 2. The first-order valence-corrected chi connectivity index (χ1v) is 10.9. The fourth-order valence-electron chi connectivity index (χ4n) is 3.12. The van der Waals surface area contributed by atoms with Crippen LogP contribution in [0.25, 0.3) is 0 Å². The molecule has 3 rings (SSSR count). The predicted octanol–water partition coefficient (Wildman–Crippen LogP) is -1.53. The van der Waals surface area contributed by atoms with Crippen molar-refractivity contribution in [3.63, 3.8) is 0 Å². The second-order valence-corrected chi connectivity index (χ2v) is 8.71. The van der Waals surface area contributed by atoms with Crippen LogP contribution in [0.3, 0.4) is 0 Å². The Labute approximate surface area is 191 Å². The van der Waals surface area contributed by atoms with Crippen molar-refractivity contribution in [2.45, 2.75) is 4.90 Å². The molecular formula is C20H17N3O10S. The van der Waals surface area contributed by atoms with Crippen LogP contribution in [0, 0.1) is 0 Å². The van der Waals surface area contributed by atoms with E-state index < -0.39 is 86.5 Å². The largest absolute Gasteiger partial charge is 0.504 e. The lowest BCUT2D eigenvalue weighted by molar-refractivity contribution is -0.137. The molecule has 0 atom stereocenters. The zero-order chi connectivity index (χ0) is 25.2. The van der Waals surface area contributed by atoms with Crippen LogP contribution in [-0.4, -0.2) is 72.7 Å². The molecule has 0 saturated carbocycles. The van der Waals surface area contributed by atoms with Crippen molar-refractivity contribution in [1.29, 1.82) is 0 Å². The van der Waals surface area contributed by atoms with Crippen molar-refractivity contribution in [2.24, 2.45) is 0 Å². The number of sulfonamides is 1. The monoisotopic (exact) mass is 491 g/mol. The lowest BCUT2D eigenvalue weighted by Crippen LogP contribution is -2.42. The van der Waals surface area contributed by atoms with Crippen LogP contribution in [0.5, 0.6) is 11.5 Å². The number of phenols is 2. The van der Waals surface area contributed by atoms with E-state index >= 15 is 0 Å². The predicted molar refractivity (Wildman–Crippen MR) is 112 cm³/mol. The molecule has 0 fully saturated rings. The fraction of sp³-hybridized carbons (Fsp3) is 0.150. The van der Waals surface area contributed by atoms with Gasteiger partial charge in [0.2, 0.25) is 21.8 Å². The van der Waals surface area contributed by atoms with E-state index in [9.17, 15) is 42.6 Å². The third kappa shape index (κ3) is 4.72. The van der Waals surface area contributed by atoms with Gasteiger partial charge in [-0.3, -0.25) is 24.0 Å². The molecule has 0 aliphatic heterocycles. The Balaban J connectivity index is 1.79. The average Bonchev–Trinajstić information content (AvgIpc) is 2.80. The van der Waals surface area contributed by atoms with E-state index in [1.54, 1.807) is 0 Å². The molecule has 0 unspecified atom stereocenters. The summed E-state index contributed by atoms with van der Waals surface area (Å²) in [6.45, 7) is -2.20. The minimum absolute atomic E-state index is 0.0121. The molecule has 0 radical (unpaired) electrons. The van der Waals surface area contributed by atoms with Gasteiger partial charge in [-0.2, -0.15) is 0 Å². The number of ketones is 2. The number of aliphatic carboxylic acids is 1. The summed E-state index contributed by atoms with van der Waals surface area (Å²) in [6.07, 6.45) is 0. The first kappa shape index (κ1) is 24.3. The van der Waals surface area contributed by atoms with E-state index in [1.165, 1.54) is 24.3 Å². The summed E-state index contributed by atoms with van der Waals surface area (Å²) < 4.78 is 27.1. The van der Waals surface area contributed by atoms with E-state index in [0.717, 1.165) is 6.07 Å². The molecule has 0 aromatic heterocycles. The van der Waals surface area contributed by atoms with Gasteiger partial charge in [-0.1, -0.05) is 24.3 Å². The van der Waals surface area contributed by atoms with Crippen LogP contribution in [0.1, 0.15) is 31.8 Å². The normalized spacial score (nSPS) is 12.5. The van der Waals surface area contributed by atoms with Crippen molar-refractivity contribution >= 4 is 39.4 Å². The maximum atomic E-state index is 12.8. The van der Waals surface area contributed by atoms with Gasteiger partial charge in [0, 0.05) is 16.7 Å². The number of amides is 2. The number of phenolic OH excluding ortho intramolecular Hbond substituents is 2. The van der Waals surface area contributed by atoms with Gasteiger partial charge < -0.3 is 26.0 Å². The molecule has 1 aliphatic carbocycles. The molecule has 2 amide bonds. The van der Waals surface area contributed by atoms with Crippen molar-refractivity contribution in [1.82, 2.24) is 15.4 Å². The van der Waals surface area contributed by atoms with Crippen molar-refractivity contribution in [2.75, 3.05) is 19.6 Å². The quantitative estimate of drug-likeness (QED) is 0.200. The van der Waals surface area contributed by atoms with Gasteiger partial charge in [-0.15, -0.1) is 0 Å². The van der Waals surface area contributed by atoms with Gasteiger partial charge in [0.15, 0.2) is 23.1 Å². The van der Waals surface area contributed by atoms with Crippen LogP contribution in [-0.2, 0) is 24.4 Å². The molecule has 6 N–H and O–H groups in total. The number of carboxylic acids is 1. The summed E-state index contributed by atoms with van der Waals surface area (Å²) in [5, 5.41) is 33.1. The van der Waals surface area contributed by atoms with Crippen molar-refractivity contribution in [3.8, 4) is 11.5 Å². The van der Waals surface area contributed by atoms with E-state index in [0.29, 0.717) is 0 Å². The number of carbonyl (C=O) groups is 5. The number of carbonyl (C=O) groups excluding carboxylic acids is 4. The van der Waals surface area contributed by atoms with E-state index in [1.807, 2.05) is 15.4 Å². The molecule has 178 valence electrons. The van der Waals surface area contributed by atoms with E-state index in [-0.39, 0.29) is 11.1 Å². The number of carboxylic acid groups (broad SMARTS) is 1. The van der Waals surface area contributed by atoms with Crippen molar-refractivity contribution < 1.29 is 47.7 Å². The number of rotatable bonds is 8. The van der Waals surface area contributed by atoms with E-state index in [4.69, 9.17) is 5.11 Å². The topological polar surface area (TPSA) is 216 Å². The molecule has 1 aliphatic rings. The zero-order valence-electron chi connectivity index (χ0n) is 17.1. The molecule has 14 heteroatoms. The third-order valence-electron chi connectivity index (χ3n) is 4.72. The zero-order valence-corrected chi connectivity index (χ0v) is 17.9. The Morgan fingerprint density at radius 2 is 1.35 bits per heavy atom. The van der Waals surface area contributed by atoms with Crippen LogP contribution < -0.4 is 15.4 Å². The second-order valence-electron chi connectivity index (χ2n) is 6.97. The maximum Gasteiger partial charge on any atom is 0.322 e. The van der Waals surface area contributed by atoms with Crippen LogP contribution in [0.4, 0.5) is 0 Å². The van der Waals surface area contributed by atoms with Gasteiger partial charge in [-0.25, -0.2) is 13.1 Å². The Bertz CT molecular complexity index is 1350. The Hall–Kier alpha value is -4.30. The van der Waals surface area contributed by atoms with Gasteiger partial charge in [0.1, 0.15) is 11.4 Å². The Kier molecular flexibility index (Phi) is 6.65. The number of aromatic hydroxyl groups is 2. The highest BCUT2D eigenvalue weighted by molar-refractivity contribution is 7.89. The van der Waals surface area contributed by atoms with Gasteiger partial charge in [-0.05, 0) is 6.07 Å². The Morgan fingerprint density at radius 3 is 1.97 bits per heavy atom. The van der Waals surface area contributed by atoms with E-state index in [2.05, 4.69) is 0 Å². The SMILES string of the molecule is O=C(O)CNC(=O)CNC(=O)CNS(=O)(=O)c1cc2c(c(O)c1O)C(=O)c1ccccc1C2=O. The van der Waals surface area contributed by atoms with Crippen LogP contribution in [0.15, 0.2) is 35.2 Å². The first-order valence-electron chi connectivity index (χ1n) is 9.46. The minimum atomic E-state index is -4.68. The smallest absolute Gasteiger partial charge is 0.322 e. The fourth-order valence-corrected chi connectivity index (χ4v) is 4.22. The number of benzene rings is 2. The molecule has 2 aromatic rings. The molecule has 0 bridgehead atoms. The maximum absolute atomic E-state index is 12.8. The lowest BCUT2D eigenvalue weighted by Gasteiger charge is -2.20. The highest BCUT2D eigenvalue weighted by Gasteiger charge is 2.36. The summed E-state index contributed by atoms with van der Waals surface area (Å²) >= 11 is 0. The summed E-state index contributed by atoms with van der Waals surface area (Å²) in [5.41, 5.74) is -1.03. The Morgan fingerprint density at radius 1 is 0.794 bits per heavy atom. The molecule has 0 spiro atoms. The average molecular weight is 491 g/mol. The minimum Gasteiger partial charge on any atom is -0.504 e. The lowest BCUT2D eigenvalue weighted by atomic mass is 9.83. The summed E-state index contributed by atoms with van der Waals surface area (Å²) in [6, 6.07) is 6.41. The summed E-state index contributed by atoms with van der Waals surface area (Å²) in [7, 11) is -4.68. The van der Waals surface area contributed by atoms with Gasteiger partial charge in [0.25, 0.3) is 0 Å². The standard InChI is InChI=1S/C20H17N3O10S/c24-13(22-8-15(26)27)6-21-14(25)7-23-34(32,33)12-5-11-16(20(31)19(12)30)18(29)10-4-2-1-3-9(10)17(11)28/h1-5,23,30-31H,6-8H2,(H,21,25)(H,22,24)(H,26,27). The summed E-state index contributed by atoms with van der Waals surface area (Å²) in [4.78, 5) is 58.2. The molecular weight excluding hydrogens is 474 g/mol. The second kappa shape index (κ2) is 9.29. The van der Waals surface area contributed by atoms with Gasteiger partial charge in [0.05, 0.1) is 18.7 Å². The number of hydrogen-bond donors (Lipinski definition) is 6. The number of nitrogens with one attached hydrogen (secondary N) is 3. The highest BCUT2D eigenvalue weighted by atomic mass is 32.2.